The van der Waals surface area contributed by atoms with Crippen LogP contribution >= 0.6 is 0 Å². The molecule has 2 rings (SSSR count). The molecule has 3 heteroatoms. The first-order valence-electron chi connectivity index (χ1n) is 6.47. The van der Waals surface area contributed by atoms with E-state index in [0.717, 1.165) is 32.1 Å². The van der Waals surface area contributed by atoms with Crippen LogP contribution in [0.1, 0.15) is 12.5 Å². The molecule has 0 aliphatic carbocycles. The van der Waals surface area contributed by atoms with E-state index in [0.29, 0.717) is 6.61 Å². The standard InChI is InChI=1S/C15H21NO2/c1-3-17-9-8-16(2)11-13-10-14-6-4-5-7-15(14)18-12-13/h4-7,10H,3,8-9,11-12H2,1-2H3. The highest BCUT2D eigenvalue weighted by atomic mass is 16.5. The van der Waals surface area contributed by atoms with Crippen molar-refractivity contribution in [3.05, 3.63) is 35.4 Å². The molecule has 98 valence electrons. The average Bonchev–Trinajstić information content (AvgIpc) is 2.39. The van der Waals surface area contributed by atoms with Gasteiger partial charge in [0.15, 0.2) is 0 Å². The van der Waals surface area contributed by atoms with Crippen molar-refractivity contribution in [2.75, 3.05) is 40.0 Å². The van der Waals surface area contributed by atoms with Gasteiger partial charge in [0.05, 0.1) is 6.61 Å². The fourth-order valence-corrected chi connectivity index (χ4v) is 2.05. The Hall–Kier alpha value is -1.32. The molecular weight excluding hydrogens is 226 g/mol. The van der Waals surface area contributed by atoms with Crippen molar-refractivity contribution in [3.8, 4) is 5.75 Å². The van der Waals surface area contributed by atoms with Crippen molar-refractivity contribution in [2.45, 2.75) is 6.92 Å². The van der Waals surface area contributed by atoms with Crippen LogP contribution in [0.25, 0.3) is 6.08 Å². The van der Waals surface area contributed by atoms with Crippen LogP contribution in [0.3, 0.4) is 0 Å². The number of hydrogen-bond acceptors (Lipinski definition) is 3. The molecule has 18 heavy (non-hydrogen) atoms. The molecule has 0 saturated heterocycles. The molecule has 0 spiro atoms. The van der Waals surface area contributed by atoms with E-state index in [-0.39, 0.29) is 0 Å². The number of para-hydroxylation sites is 1. The van der Waals surface area contributed by atoms with Crippen molar-refractivity contribution in [1.82, 2.24) is 4.90 Å². The predicted octanol–water partition coefficient (Wildman–Crippen LogP) is 2.43. The molecule has 0 bridgehead atoms. The molecule has 0 fully saturated rings. The van der Waals surface area contributed by atoms with Gasteiger partial charge in [0, 0.05) is 25.3 Å². The first-order valence-corrected chi connectivity index (χ1v) is 6.47. The van der Waals surface area contributed by atoms with Crippen LogP contribution in [-0.4, -0.2) is 44.9 Å². The molecule has 1 aromatic rings. The molecule has 1 heterocycles. The molecule has 1 aliphatic rings. The van der Waals surface area contributed by atoms with Gasteiger partial charge in [-0.3, -0.25) is 0 Å². The molecular formula is C15H21NO2. The number of likely N-dealkylation sites (N-methyl/N-ethyl adjacent to an activating group) is 1. The quantitative estimate of drug-likeness (QED) is 0.721. The third kappa shape index (κ3) is 3.59. The van der Waals surface area contributed by atoms with Crippen LogP contribution in [0.5, 0.6) is 5.75 Å². The van der Waals surface area contributed by atoms with E-state index in [4.69, 9.17) is 9.47 Å². The summed E-state index contributed by atoms with van der Waals surface area (Å²) in [5.41, 5.74) is 2.49. The van der Waals surface area contributed by atoms with Gasteiger partial charge in [-0.05, 0) is 31.7 Å². The van der Waals surface area contributed by atoms with E-state index in [1.807, 2.05) is 25.1 Å². The number of benzene rings is 1. The van der Waals surface area contributed by atoms with Crippen LogP contribution < -0.4 is 4.74 Å². The summed E-state index contributed by atoms with van der Waals surface area (Å²) in [5.74, 6) is 0.984. The summed E-state index contributed by atoms with van der Waals surface area (Å²) in [6, 6.07) is 8.16. The molecule has 0 N–H and O–H groups in total. The van der Waals surface area contributed by atoms with Crippen molar-refractivity contribution in [3.63, 3.8) is 0 Å². The predicted molar refractivity (Wildman–Crippen MR) is 73.9 cm³/mol. The maximum atomic E-state index is 5.74. The highest BCUT2D eigenvalue weighted by Crippen LogP contribution is 2.25. The Morgan fingerprint density at radius 2 is 2.17 bits per heavy atom. The SMILES string of the molecule is CCOCCN(C)CC1=Cc2ccccc2OC1. The molecule has 0 saturated carbocycles. The number of nitrogens with zero attached hydrogens (tertiary/aromatic N) is 1. The Morgan fingerprint density at radius 1 is 1.33 bits per heavy atom. The molecule has 1 aromatic carbocycles. The van der Waals surface area contributed by atoms with Gasteiger partial charge in [-0.15, -0.1) is 0 Å². The van der Waals surface area contributed by atoms with Gasteiger partial charge in [0.25, 0.3) is 0 Å². The summed E-state index contributed by atoms with van der Waals surface area (Å²) in [6.45, 7) is 6.17. The lowest BCUT2D eigenvalue weighted by Crippen LogP contribution is -2.27. The highest BCUT2D eigenvalue weighted by molar-refractivity contribution is 5.62. The van der Waals surface area contributed by atoms with Crippen molar-refractivity contribution in [1.29, 1.82) is 0 Å². The van der Waals surface area contributed by atoms with E-state index in [1.54, 1.807) is 0 Å². The van der Waals surface area contributed by atoms with E-state index in [1.165, 1.54) is 11.1 Å². The maximum Gasteiger partial charge on any atom is 0.127 e. The molecule has 0 amide bonds. The number of ether oxygens (including phenoxy) is 2. The van der Waals surface area contributed by atoms with Crippen LogP contribution in [-0.2, 0) is 4.74 Å². The Bertz CT molecular complexity index is 415. The summed E-state index contributed by atoms with van der Waals surface area (Å²) in [5, 5.41) is 0. The fourth-order valence-electron chi connectivity index (χ4n) is 2.05. The summed E-state index contributed by atoms with van der Waals surface area (Å²) in [7, 11) is 2.11. The summed E-state index contributed by atoms with van der Waals surface area (Å²) in [6.07, 6.45) is 2.23. The largest absolute Gasteiger partial charge is 0.489 e. The highest BCUT2D eigenvalue weighted by Gasteiger charge is 2.11. The Labute approximate surface area is 109 Å². The second-order valence-corrected chi connectivity index (χ2v) is 4.56. The fraction of sp³-hybridized carbons (Fsp3) is 0.467. The third-order valence-electron chi connectivity index (χ3n) is 2.99. The second kappa shape index (κ2) is 6.57. The zero-order valence-electron chi connectivity index (χ0n) is 11.2. The maximum absolute atomic E-state index is 5.74. The topological polar surface area (TPSA) is 21.7 Å². The molecule has 0 unspecified atom stereocenters. The van der Waals surface area contributed by atoms with Crippen molar-refractivity contribution in [2.24, 2.45) is 0 Å². The zero-order chi connectivity index (χ0) is 12.8. The summed E-state index contributed by atoms with van der Waals surface area (Å²) < 4.78 is 11.1. The van der Waals surface area contributed by atoms with Crippen LogP contribution in [0.2, 0.25) is 0 Å². The minimum atomic E-state index is 0.690. The molecule has 0 aromatic heterocycles. The average molecular weight is 247 g/mol. The number of fused-ring (bicyclic) bond motifs is 1. The van der Waals surface area contributed by atoms with Crippen molar-refractivity contribution < 1.29 is 9.47 Å². The minimum absolute atomic E-state index is 0.690. The first-order chi connectivity index (χ1) is 8.79. The molecule has 1 aliphatic heterocycles. The molecule has 0 atom stereocenters. The normalized spacial score (nSPS) is 14.1. The number of hydrogen-bond donors (Lipinski definition) is 0. The van der Waals surface area contributed by atoms with Crippen molar-refractivity contribution >= 4 is 6.08 Å². The van der Waals surface area contributed by atoms with Gasteiger partial charge in [-0.25, -0.2) is 0 Å². The Morgan fingerprint density at radius 3 is 3.00 bits per heavy atom. The van der Waals surface area contributed by atoms with Crippen LogP contribution in [0.15, 0.2) is 29.8 Å². The molecule has 3 nitrogen and oxygen atoms in total. The zero-order valence-corrected chi connectivity index (χ0v) is 11.2. The Kier molecular flexibility index (Phi) is 4.79. The lowest BCUT2D eigenvalue weighted by Gasteiger charge is -2.22. The lowest BCUT2D eigenvalue weighted by atomic mass is 10.1. The number of rotatable bonds is 6. The summed E-state index contributed by atoms with van der Waals surface area (Å²) >= 11 is 0. The minimum Gasteiger partial charge on any atom is -0.489 e. The first kappa shape index (κ1) is 13.1. The van der Waals surface area contributed by atoms with Gasteiger partial charge in [-0.1, -0.05) is 18.2 Å². The van der Waals surface area contributed by atoms with Gasteiger partial charge in [0.1, 0.15) is 12.4 Å². The van der Waals surface area contributed by atoms with E-state index >= 15 is 0 Å². The smallest absolute Gasteiger partial charge is 0.127 e. The second-order valence-electron chi connectivity index (χ2n) is 4.56. The van der Waals surface area contributed by atoms with E-state index in [9.17, 15) is 0 Å². The van der Waals surface area contributed by atoms with Crippen LogP contribution in [0.4, 0.5) is 0 Å². The van der Waals surface area contributed by atoms with E-state index < -0.39 is 0 Å². The van der Waals surface area contributed by atoms with Gasteiger partial charge in [0.2, 0.25) is 0 Å². The van der Waals surface area contributed by atoms with Gasteiger partial charge < -0.3 is 14.4 Å². The van der Waals surface area contributed by atoms with Gasteiger partial charge in [-0.2, -0.15) is 0 Å². The summed E-state index contributed by atoms with van der Waals surface area (Å²) in [4.78, 5) is 2.26. The monoisotopic (exact) mass is 247 g/mol. The lowest BCUT2D eigenvalue weighted by molar-refractivity contribution is 0.124. The third-order valence-corrected chi connectivity index (χ3v) is 2.99. The van der Waals surface area contributed by atoms with E-state index in [2.05, 4.69) is 24.1 Å². The van der Waals surface area contributed by atoms with Crippen LogP contribution in [0, 0.1) is 0 Å². The Balaban J connectivity index is 1.89. The van der Waals surface area contributed by atoms with Gasteiger partial charge >= 0.3 is 0 Å². The molecule has 0 radical (unpaired) electrons.